The number of sulfonamides is 1. The summed E-state index contributed by atoms with van der Waals surface area (Å²) in [6.07, 6.45) is 0. The molecule has 0 heterocycles. The Balaban J connectivity index is 2.34. The summed E-state index contributed by atoms with van der Waals surface area (Å²) in [7, 11) is 0.752. The molecule has 0 aromatic heterocycles. The van der Waals surface area contributed by atoms with Gasteiger partial charge in [0.15, 0.2) is 0 Å². The molecule has 0 bridgehead atoms. The fourth-order valence-corrected chi connectivity index (χ4v) is 3.30. The second-order valence-corrected chi connectivity index (χ2v) is 8.53. The molecule has 0 radical (unpaired) electrons. The van der Waals surface area contributed by atoms with Crippen LogP contribution < -0.4 is 10.1 Å². The maximum Gasteiger partial charge on any atom is 0.255 e. The largest absolute Gasteiger partial charge is 0.495 e. The number of benzene rings is 2. The zero-order valence-corrected chi connectivity index (χ0v) is 16.4. The van der Waals surface area contributed by atoms with Crippen LogP contribution in [0.1, 0.15) is 35.7 Å². The van der Waals surface area contributed by atoms with E-state index in [1.807, 2.05) is 12.1 Å². The molecule has 140 valence electrons. The zero-order chi connectivity index (χ0) is 19.5. The molecular weight excluding hydrogens is 352 g/mol. The van der Waals surface area contributed by atoms with Gasteiger partial charge in [0.25, 0.3) is 5.91 Å². The predicted molar refractivity (Wildman–Crippen MR) is 102 cm³/mol. The van der Waals surface area contributed by atoms with Crippen LogP contribution in [0.25, 0.3) is 0 Å². The smallest absolute Gasteiger partial charge is 0.255 e. The maximum atomic E-state index is 12.5. The van der Waals surface area contributed by atoms with E-state index in [2.05, 4.69) is 19.2 Å². The molecule has 0 saturated heterocycles. The average Bonchev–Trinajstić information content (AvgIpc) is 2.61. The highest BCUT2D eigenvalue weighted by Crippen LogP contribution is 2.29. The summed E-state index contributed by atoms with van der Waals surface area (Å²) in [5.41, 5.74) is 1.92. The number of hydrogen-bond donors (Lipinski definition) is 1. The quantitative estimate of drug-likeness (QED) is 0.839. The first-order valence-corrected chi connectivity index (χ1v) is 9.62. The second kappa shape index (κ2) is 7.88. The van der Waals surface area contributed by atoms with Crippen LogP contribution in [0.2, 0.25) is 0 Å². The van der Waals surface area contributed by atoms with Crippen LogP contribution in [0.4, 0.5) is 5.69 Å². The summed E-state index contributed by atoms with van der Waals surface area (Å²) < 4.78 is 31.0. The van der Waals surface area contributed by atoms with Crippen molar-refractivity contribution in [3.63, 3.8) is 0 Å². The van der Waals surface area contributed by atoms with Crippen LogP contribution in [0.3, 0.4) is 0 Å². The summed E-state index contributed by atoms with van der Waals surface area (Å²) in [6, 6.07) is 11.7. The van der Waals surface area contributed by atoms with Gasteiger partial charge in [0, 0.05) is 19.7 Å². The SMILES string of the molecule is COc1ccc(S(=O)(=O)N(C)C)cc1NC(=O)c1ccc(C(C)C)cc1. The van der Waals surface area contributed by atoms with Gasteiger partial charge < -0.3 is 10.1 Å². The first-order chi connectivity index (χ1) is 12.2. The molecule has 2 rings (SSSR count). The van der Waals surface area contributed by atoms with E-state index < -0.39 is 10.0 Å². The van der Waals surface area contributed by atoms with E-state index in [0.717, 1.165) is 9.87 Å². The lowest BCUT2D eigenvalue weighted by Gasteiger charge is -2.15. The highest BCUT2D eigenvalue weighted by Gasteiger charge is 2.20. The number of hydrogen-bond acceptors (Lipinski definition) is 4. The molecule has 0 aliphatic heterocycles. The minimum absolute atomic E-state index is 0.0776. The molecular formula is C19H24N2O4S. The average molecular weight is 376 g/mol. The summed E-state index contributed by atoms with van der Waals surface area (Å²) >= 11 is 0. The van der Waals surface area contributed by atoms with Gasteiger partial charge in [-0.15, -0.1) is 0 Å². The summed E-state index contributed by atoms with van der Waals surface area (Å²) in [5, 5.41) is 2.73. The monoisotopic (exact) mass is 376 g/mol. The van der Waals surface area contributed by atoms with Gasteiger partial charge in [-0.1, -0.05) is 26.0 Å². The molecule has 0 aliphatic rings. The summed E-state index contributed by atoms with van der Waals surface area (Å²) in [5.74, 6) is 0.424. The number of carbonyl (C=O) groups is 1. The van der Waals surface area contributed by atoms with E-state index in [4.69, 9.17) is 4.74 Å². The fourth-order valence-electron chi connectivity index (χ4n) is 2.37. The minimum Gasteiger partial charge on any atom is -0.495 e. The molecule has 0 atom stereocenters. The van der Waals surface area contributed by atoms with E-state index in [1.165, 1.54) is 39.4 Å². The number of rotatable bonds is 6. The molecule has 26 heavy (non-hydrogen) atoms. The molecule has 0 spiro atoms. The van der Waals surface area contributed by atoms with Crippen LogP contribution >= 0.6 is 0 Å². The molecule has 1 N–H and O–H groups in total. The number of nitrogens with zero attached hydrogens (tertiary/aromatic N) is 1. The van der Waals surface area contributed by atoms with Crippen LogP contribution in [-0.4, -0.2) is 39.8 Å². The number of nitrogens with one attached hydrogen (secondary N) is 1. The topological polar surface area (TPSA) is 75.7 Å². The van der Waals surface area contributed by atoms with Crippen molar-refractivity contribution in [1.29, 1.82) is 0 Å². The summed E-state index contributed by atoms with van der Waals surface area (Å²) in [4.78, 5) is 12.6. The van der Waals surface area contributed by atoms with Gasteiger partial charge in [-0.2, -0.15) is 0 Å². The third-order valence-electron chi connectivity index (χ3n) is 4.04. The van der Waals surface area contributed by atoms with Gasteiger partial charge in [-0.05, 0) is 41.8 Å². The van der Waals surface area contributed by atoms with Crippen LogP contribution in [0.5, 0.6) is 5.75 Å². The van der Waals surface area contributed by atoms with Crippen molar-refractivity contribution in [3.05, 3.63) is 53.6 Å². The van der Waals surface area contributed by atoms with E-state index in [1.54, 1.807) is 12.1 Å². The van der Waals surface area contributed by atoms with Gasteiger partial charge in [-0.25, -0.2) is 12.7 Å². The Bertz CT molecular complexity index is 888. The van der Waals surface area contributed by atoms with Crippen molar-refractivity contribution in [1.82, 2.24) is 4.31 Å². The van der Waals surface area contributed by atoms with Crippen LogP contribution in [0, 0.1) is 0 Å². The van der Waals surface area contributed by atoms with Crippen molar-refractivity contribution < 1.29 is 17.9 Å². The fraction of sp³-hybridized carbons (Fsp3) is 0.316. The van der Waals surface area contributed by atoms with Crippen LogP contribution in [0.15, 0.2) is 47.4 Å². The molecule has 7 heteroatoms. The third-order valence-corrected chi connectivity index (χ3v) is 5.85. The zero-order valence-electron chi connectivity index (χ0n) is 15.6. The van der Waals surface area contributed by atoms with E-state index in [0.29, 0.717) is 22.9 Å². The van der Waals surface area contributed by atoms with Crippen molar-refractivity contribution in [2.75, 3.05) is 26.5 Å². The Morgan fingerprint density at radius 1 is 1.08 bits per heavy atom. The second-order valence-electron chi connectivity index (χ2n) is 6.38. The van der Waals surface area contributed by atoms with Gasteiger partial charge in [0.1, 0.15) is 5.75 Å². The van der Waals surface area contributed by atoms with E-state index in [9.17, 15) is 13.2 Å². The van der Waals surface area contributed by atoms with Gasteiger partial charge in [0.2, 0.25) is 10.0 Å². The Morgan fingerprint density at radius 2 is 1.69 bits per heavy atom. The lowest BCUT2D eigenvalue weighted by molar-refractivity contribution is 0.102. The van der Waals surface area contributed by atoms with Crippen molar-refractivity contribution in [3.8, 4) is 5.75 Å². The highest BCUT2D eigenvalue weighted by atomic mass is 32.2. The molecule has 2 aromatic carbocycles. The molecule has 0 fully saturated rings. The maximum absolute atomic E-state index is 12.5. The Hall–Kier alpha value is -2.38. The number of methoxy groups -OCH3 is 1. The molecule has 0 aliphatic carbocycles. The number of ether oxygens (including phenoxy) is 1. The number of anilines is 1. The first-order valence-electron chi connectivity index (χ1n) is 8.18. The van der Waals surface area contributed by atoms with Crippen molar-refractivity contribution >= 4 is 21.6 Å². The molecule has 0 unspecified atom stereocenters. The lowest BCUT2D eigenvalue weighted by atomic mass is 10.0. The Morgan fingerprint density at radius 3 is 2.19 bits per heavy atom. The predicted octanol–water partition coefficient (Wildman–Crippen LogP) is 3.32. The summed E-state index contributed by atoms with van der Waals surface area (Å²) in [6.45, 7) is 4.16. The van der Waals surface area contributed by atoms with E-state index >= 15 is 0 Å². The third kappa shape index (κ3) is 4.23. The standard InChI is InChI=1S/C19H24N2O4S/c1-13(2)14-6-8-15(9-7-14)19(22)20-17-12-16(10-11-18(17)25-5)26(23,24)21(3)4/h6-13H,1-5H3,(H,20,22). The van der Waals surface area contributed by atoms with E-state index in [-0.39, 0.29) is 10.8 Å². The minimum atomic E-state index is -3.61. The van der Waals surface area contributed by atoms with Crippen molar-refractivity contribution in [2.45, 2.75) is 24.7 Å². The number of carbonyl (C=O) groups excluding carboxylic acids is 1. The normalized spacial score (nSPS) is 11.7. The molecule has 0 saturated carbocycles. The first kappa shape index (κ1) is 19.9. The molecule has 2 aromatic rings. The number of amides is 1. The lowest BCUT2D eigenvalue weighted by Crippen LogP contribution is -2.22. The van der Waals surface area contributed by atoms with Gasteiger partial charge in [0.05, 0.1) is 17.7 Å². The Labute approximate surface area is 154 Å². The van der Waals surface area contributed by atoms with Crippen LogP contribution in [-0.2, 0) is 10.0 Å². The molecule has 6 nitrogen and oxygen atoms in total. The van der Waals surface area contributed by atoms with Gasteiger partial charge in [-0.3, -0.25) is 4.79 Å². The Kier molecular flexibility index (Phi) is 6.05. The van der Waals surface area contributed by atoms with Crippen molar-refractivity contribution in [2.24, 2.45) is 0 Å². The highest BCUT2D eigenvalue weighted by molar-refractivity contribution is 7.89. The molecule has 1 amide bonds. The van der Waals surface area contributed by atoms with Gasteiger partial charge >= 0.3 is 0 Å².